The summed E-state index contributed by atoms with van der Waals surface area (Å²) >= 11 is 0. The lowest BCUT2D eigenvalue weighted by Crippen LogP contribution is -2.37. The van der Waals surface area contributed by atoms with E-state index in [1.165, 1.54) is 28.4 Å². The van der Waals surface area contributed by atoms with Gasteiger partial charge in [-0.3, -0.25) is 9.59 Å². The standard InChI is InChI=1S/C36H46N2O10.C25H33NO7.C15H18N2O6/c1-22(2)10-13-26-23(3)31(47-35(39)37-18-16-24-11-14-27(41-4)29(20-24)43-6)33(45-8)34(46-9)32(26)48-36(40)38-19-17-25-12-15-28(42-5)30(21-25)44-7;1-15(2)8-10-18-16(3)22(24(32-7)23(31-6)21(18)27)33-25(28)26-13-12-17-9-11-19(29-4)20(14-17)30-5;1-21-11-4-3-10(9-12(11)22-2)7-8-16-15(20)23-17-13(18)5-6-14(17)19/h10-12,14-15,20-21H,13,16-19H2,1-9H3,(H,37,39)(H,38,40);8-9,11,14,27H,10,12-13H2,1-7H3,(H,26,28);3-4,9H,5-8H2,1-2H3,(H,16,20). The molecule has 0 spiro atoms. The first-order chi connectivity index (χ1) is 49.9. The van der Waals surface area contributed by atoms with Crippen molar-refractivity contribution in [3.63, 3.8) is 0 Å². The van der Waals surface area contributed by atoms with Crippen LogP contribution in [0.4, 0.5) is 19.2 Å². The van der Waals surface area contributed by atoms with Crippen LogP contribution in [0.3, 0.4) is 0 Å². The van der Waals surface area contributed by atoms with E-state index in [9.17, 15) is 33.9 Å². The molecule has 1 fully saturated rings. The zero-order valence-corrected chi connectivity index (χ0v) is 62.4. The van der Waals surface area contributed by atoms with Crippen molar-refractivity contribution in [2.75, 3.05) is 111 Å². The molecule has 0 unspecified atom stereocenters. The van der Waals surface area contributed by atoms with Gasteiger partial charge in [-0.2, -0.15) is 0 Å². The van der Waals surface area contributed by atoms with Crippen molar-refractivity contribution in [1.82, 2.24) is 26.3 Å². The average molecular weight is 1450 g/mol. The third-order valence-corrected chi connectivity index (χ3v) is 15.9. The number of hydrogen-bond donors (Lipinski definition) is 5. The van der Waals surface area contributed by atoms with Crippen LogP contribution < -0.4 is 92.3 Å². The highest BCUT2D eigenvalue weighted by atomic mass is 16.7. The first-order valence-corrected chi connectivity index (χ1v) is 32.9. The Kier molecular flexibility index (Phi) is 33.5. The molecular weight excluding hydrogens is 1350 g/mol. The van der Waals surface area contributed by atoms with E-state index in [1.54, 1.807) is 82.9 Å². The lowest BCUT2D eigenvalue weighted by atomic mass is 10.0. The van der Waals surface area contributed by atoms with Gasteiger partial charge in [0.25, 0.3) is 11.8 Å². The lowest BCUT2D eigenvalue weighted by molar-refractivity contribution is -0.171. The van der Waals surface area contributed by atoms with E-state index < -0.39 is 36.2 Å². The van der Waals surface area contributed by atoms with Crippen LogP contribution in [0, 0.1) is 13.8 Å². The van der Waals surface area contributed by atoms with E-state index in [4.69, 9.17) is 75.9 Å². The predicted octanol–water partition coefficient (Wildman–Crippen LogP) is 11.8. The second kappa shape index (κ2) is 42.0. The Labute approximate surface area is 606 Å². The van der Waals surface area contributed by atoms with E-state index in [0.29, 0.717) is 131 Å². The number of hydroxylamine groups is 2. The molecule has 0 aliphatic carbocycles. The summed E-state index contributed by atoms with van der Waals surface area (Å²) in [7, 11) is 18.2. The van der Waals surface area contributed by atoms with Crippen molar-refractivity contribution in [2.24, 2.45) is 0 Å². The van der Waals surface area contributed by atoms with Crippen LogP contribution in [-0.2, 0) is 53.0 Å². The maximum atomic E-state index is 13.1. The number of nitrogens with one attached hydrogen (secondary N) is 4. The number of ether oxygens (including phenoxy) is 15. The van der Waals surface area contributed by atoms with Gasteiger partial charge in [-0.25, -0.2) is 19.2 Å². The highest BCUT2D eigenvalue weighted by molar-refractivity contribution is 6.01. The minimum atomic E-state index is -0.839. The number of imide groups is 1. The molecule has 1 heterocycles. The number of amides is 6. The fraction of sp³-hybridized carbons (Fsp3) is 0.395. The minimum Gasteiger partial charge on any atom is -0.504 e. The number of phenolic OH excluding ortho intramolecular Hbond substituents is 1. The predicted molar refractivity (Wildman–Crippen MR) is 387 cm³/mol. The van der Waals surface area contributed by atoms with Gasteiger partial charge in [-0.15, -0.1) is 5.06 Å². The van der Waals surface area contributed by atoms with Gasteiger partial charge in [0.2, 0.25) is 23.0 Å². The van der Waals surface area contributed by atoms with Gasteiger partial charge in [0, 0.05) is 61.3 Å². The third-order valence-electron chi connectivity index (χ3n) is 15.9. The second-order valence-electron chi connectivity index (χ2n) is 23.2. The molecule has 1 aliphatic rings. The zero-order chi connectivity index (χ0) is 76.6. The SMILES string of the molecule is COc1ccc(CCNC(=O)ON2C(=O)CCC2=O)cc1OC.COc1ccc(CCNC(=O)Oc2c(C)c(CC=C(C)C)c(O)c(OC)c2OC)cc1OC.COc1ccc(CCNC(=O)Oc2c(C)c(CC=C(C)C)c(OC(=O)NCCc3ccc(OC)c(OC)c3)c(OC)c2OC)cc1OC. The summed E-state index contributed by atoms with van der Waals surface area (Å²) in [6, 6.07) is 22.1. The highest BCUT2D eigenvalue weighted by Crippen LogP contribution is 2.51. The minimum absolute atomic E-state index is 0.0365. The molecular formula is C76H97N5O23. The number of carbonyl (C=O) groups is 6. The molecule has 0 radical (unpaired) electrons. The molecule has 0 saturated carbocycles. The molecule has 6 aromatic rings. The summed E-state index contributed by atoms with van der Waals surface area (Å²) in [5, 5.41) is 22.0. The molecule has 6 amide bonds. The number of benzene rings is 6. The number of phenols is 1. The van der Waals surface area contributed by atoms with Crippen LogP contribution in [0.25, 0.3) is 0 Å². The van der Waals surface area contributed by atoms with E-state index in [1.807, 2.05) is 101 Å². The van der Waals surface area contributed by atoms with Gasteiger partial charge in [-0.1, -0.05) is 47.6 Å². The van der Waals surface area contributed by atoms with Crippen LogP contribution >= 0.6 is 0 Å². The van der Waals surface area contributed by atoms with Crippen molar-refractivity contribution >= 4 is 36.2 Å². The number of methoxy groups -OCH3 is 12. The van der Waals surface area contributed by atoms with E-state index in [-0.39, 0.29) is 65.4 Å². The van der Waals surface area contributed by atoms with Crippen LogP contribution in [0.2, 0.25) is 0 Å². The number of allylic oxidation sites excluding steroid dienone is 4. The zero-order valence-electron chi connectivity index (χ0n) is 62.4. The van der Waals surface area contributed by atoms with Crippen LogP contribution in [0.5, 0.6) is 92.0 Å². The van der Waals surface area contributed by atoms with Crippen LogP contribution in [-0.4, -0.2) is 158 Å². The van der Waals surface area contributed by atoms with Crippen LogP contribution in [0.1, 0.15) is 85.0 Å². The summed E-state index contributed by atoms with van der Waals surface area (Å²) < 4.78 is 81.5. The summed E-state index contributed by atoms with van der Waals surface area (Å²) in [6.45, 7) is 12.6. The van der Waals surface area contributed by atoms with Crippen LogP contribution in [0.15, 0.2) is 96.1 Å². The van der Waals surface area contributed by atoms with E-state index in [2.05, 4.69) is 21.3 Å². The Morgan fingerprint density at radius 2 is 0.654 bits per heavy atom. The van der Waals surface area contributed by atoms with Crippen molar-refractivity contribution in [2.45, 2.75) is 92.9 Å². The fourth-order valence-electron chi connectivity index (χ4n) is 10.4. The number of aromatic hydroxyl groups is 1. The van der Waals surface area contributed by atoms with E-state index in [0.717, 1.165) is 33.4 Å². The van der Waals surface area contributed by atoms with Gasteiger partial charge in [0.1, 0.15) is 0 Å². The number of rotatable bonds is 32. The van der Waals surface area contributed by atoms with Crippen molar-refractivity contribution < 1.29 is 110 Å². The molecule has 6 aromatic carbocycles. The van der Waals surface area contributed by atoms with Crippen molar-refractivity contribution in [1.29, 1.82) is 0 Å². The highest BCUT2D eigenvalue weighted by Gasteiger charge is 2.33. The summed E-state index contributed by atoms with van der Waals surface area (Å²) in [5.74, 6) is 4.88. The molecule has 564 valence electrons. The first-order valence-electron chi connectivity index (χ1n) is 32.9. The van der Waals surface area contributed by atoms with Crippen molar-refractivity contribution in [3.05, 3.63) is 141 Å². The normalized spacial score (nSPS) is 11.1. The first kappa shape index (κ1) is 83.1. The monoisotopic (exact) mass is 1450 g/mol. The maximum Gasteiger partial charge on any atom is 0.432 e. The topological polar surface area (TPSA) is 322 Å². The number of carbonyl (C=O) groups excluding carboxylic acids is 6. The van der Waals surface area contributed by atoms with Gasteiger partial charge in [0.15, 0.2) is 69.0 Å². The molecule has 1 aliphatic heterocycles. The van der Waals surface area contributed by atoms with Gasteiger partial charge in [-0.05, 0) is 151 Å². The number of nitrogens with zero attached hydrogens (tertiary/aromatic N) is 1. The molecule has 0 bridgehead atoms. The smallest absolute Gasteiger partial charge is 0.432 e. The molecule has 28 nitrogen and oxygen atoms in total. The quantitative estimate of drug-likeness (QED) is 0.0193. The van der Waals surface area contributed by atoms with Gasteiger partial charge in [0.05, 0.1) is 85.3 Å². The molecule has 28 heteroatoms. The Hall–Kier alpha value is -11.6. The fourth-order valence-corrected chi connectivity index (χ4v) is 10.4. The Morgan fingerprint density at radius 1 is 0.375 bits per heavy atom. The largest absolute Gasteiger partial charge is 0.504 e. The second-order valence-corrected chi connectivity index (χ2v) is 23.2. The molecule has 7 rings (SSSR count). The Morgan fingerprint density at radius 3 is 0.962 bits per heavy atom. The van der Waals surface area contributed by atoms with E-state index >= 15 is 0 Å². The molecule has 5 N–H and O–H groups in total. The van der Waals surface area contributed by atoms with Gasteiger partial charge < -0.3 is 102 Å². The molecule has 1 saturated heterocycles. The molecule has 104 heavy (non-hydrogen) atoms. The number of hydrogen-bond acceptors (Lipinski definition) is 23. The average Bonchev–Trinajstić information content (AvgIpc) is 0.875. The lowest BCUT2D eigenvalue weighted by Gasteiger charge is -2.22. The Balaban J connectivity index is 0.000000300. The molecule has 0 aromatic heterocycles. The maximum absolute atomic E-state index is 13.1. The summed E-state index contributed by atoms with van der Waals surface area (Å²) in [5.41, 5.74) is 8.26. The molecule has 0 atom stereocenters. The summed E-state index contributed by atoms with van der Waals surface area (Å²) in [6.07, 6.45) is 4.20. The third kappa shape index (κ3) is 23.5. The Bertz CT molecular complexity index is 3980. The van der Waals surface area contributed by atoms with Gasteiger partial charge >= 0.3 is 24.4 Å². The van der Waals surface area contributed by atoms with Crippen molar-refractivity contribution in [3.8, 4) is 92.0 Å². The summed E-state index contributed by atoms with van der Waals surface area (Å²) in [4.78, 5) is 77.5.